The molecule has 2 aromatic carbocycles. The number of benzene rings is 2. The van der Waals surface area contributed by atoms with E-state index in [4.69, 9.17) is 22.4 Å². The second kappa shape index (κ2) is 5.45. The molecular weight excluding hydrogens is 306 g/mol. The molecule has 0 fully saturated rings. The van der Waals surface area contributed by atoms with Crippen LogP contribution in [0.1, 0.15) is 10.4 Å². The van der Waals surface area contributed by atoms with Crippen LogP contribution in [0.2, 0.25) is 5.02 Å². The molecule has 0 amide bonds. The molecule has 3 N–H and O–H groups in total. The Morgan fingerprint density at radius 2 is 1.91 bits per heavy atom. The fourth-order valence-electron chi connectivity index (χ4n) is 1.98. The molecule has 22 heavy (non-hydrogen) atoms. The Balaban J connectivity index is 2.11. The van der Waals surface area contributed by atoms with E-state index in [0.29, 0.717) is 17.2 Å². The van der Waals surface area contributed by atoms with Gasteiger partial charge >= 0.3 is 5.97 Å². The van der Waals surface area contributed by atoms with Crippen LogP contribution >= 0.6 is 11.6 Å². The van der Waals surface area contributed by atoms with Crippen molar-refractivity contribution in [2.24, 2.45) is 0 Å². The van der Waals surface area contributed by atoms with Gasteiger partial charge in [0.25, 0.3) is 0 Å². The van der Waals surface area contributed by atoms with E-state index in [2.05, 4.69) is 15.5 Å². The molecule has 0 spiro atoms. The molecule has 0 aliphatic rings. The number of halogens is 1. The number of aromatic carboxylic acids is 1. The van der Waals surface area contributed by atoms with Crippen molar-refractivity contribution in [3.05, 3.63) is 53.1 Å². The molecule has 0 saturated carbocycles. The molecular formula is C14H10ClN5O2. The molecule has 0 bridgehead atoms. The zero-order valence-corrected chi connectivity index (χ0v) is 11.9. The van der Waals surface area contributed by atoms with Crippen LogP contribution in [0.5, 0.6) is 0 Å². The highest BCUT2D eigenvalue weighted by Crippen LogP contribution is 2.24. The highest BCUT2D eigenvalue weighted by Gasteiger charge is 2.14. The Kier molecular flexibility index (Phi) is 3.48. The number of nitrogen functional groups attached to an aromatic ring is 1. The van der Waals surface area contributed by atoms with Crippen LogP contribution in [0.4, 0.5) is 5.69 Å². The number of carboxylic acid groups (broad SMARTS) is 1. The van der Waals surface area contributed by atoms with E-state index in [0.717, 1.165) is 5.56 Å². The van der Waals surface area contributed by atoms with Crippen molar-refractivity contribution in [3.63, 3.8) is 0 Å². The van der Waals surface area contributed by atoms with E-state index in [9.17, 15) is 4.79 Å². The number of tetrazole rings is 1. The van der Waals surface area contributed by atoms with Crippen molar-refractivity contribution < 1.29 is 9.90 Å². The lowest BCUT2D eigenvalue weighted by Crippen LogP contribution is -2.04. The number of hydrogen-bond donors (Lipinski definition) is 2. The van der Waals surface area contributed by atoms with Gasteiger partial charge in [0.15, 0.2) is 5.82 Å². The molecule has 0 radical (unpaired) electrons. The van der Waals surface area contributed by atoms with Crippen LogP contribution in [0.15, 0.2) is 42.5 Å². The third kappa shape index (κ3) is 2.49. The lowest BCUT2D eigenvalue weighted by Gasteiger charge is -2.07. The molecule has 3 rings (SSSR count). The van der Waals surface area contributed by atoms with Gasteiger partial charge in [-0.05, 0) is 52.9 Å². The maximum Gasteiger partial charge on any atom is 0.337 e. The summed E-state index contributed by atoms with van der Waals surface area (Å²) < 4.78 is 1.44. The molecule has 110 valence electrons. The van der Waals surface area contributed by atoms with Crippen LogP contribution in [0, 0.1) is 0 Å². The van der Waals surface area contributed by atoms with Crippen molar-refractivity contribution >= 4 is 23.3 Å². The summed E-state index contributed by atoms with van der Waals surface area (Å²) in [7, 11) is 0. The number of hydrogen-bond acceptors (Lipinski definition) is 5. The number of nitrogens with zero attached hydrogens (tertiary/aromatic N) is 4. The molecule has 1 heterocycles. The first-order valence-electron chi connectivity index (χ1n) is 6.24. The van der Waals surface area contributed by atoms with Gasteiger partial charge in [0.1, 0.15) is 0 Å². The largest absolute Gasteiger partial charge is 0.478 e. The number of carboxylic acids is 1. The molecule has 0 saturated heterocycles. The summed E-state index contributed by atoms with van der Waals surface area (Å²) in [5, 5.41) is 20.8. The molecule has 3 aromatic rings. The number of rotatable bonds is 3. The lowest BCUT2D eigenvalue weighted by molar-refractivity contribution is 0.0697. The predicted octanol–water partition coefficient (Wildman–Crippen LogP) is 2.26. The summed E-state index contributed by atoms with van der Waals surface area (Å²) in [5.74, 6) is -0.646. The Morgan fingerprint density at radius 3 is 2.59 bits per heavy atom. The standard InChI is InChI=1S/C14H10ClN5O2/c15-12-6-5-10(7-11(12)14(21)22)20-13(17-18-19-20)8-1-3-9(16)4-2-8/h1-7H,16H2,(H,21,22). The molecule has 0 aliphatic heterocycles. The highest BCUT2D eigenvalue weighted by molar-refractivity contribution is 6.33. The van der Waals surface area contributed by atoms with Crippen LogP contribution in [-0.4, -0.2) is 31.3 Å². The van der Waals surface area contributed by atoms with Gasteiger partial charge in [-0.1, -0.05) is 11.6 Å². The molecule has 0 atom stereocenters. The minimum Gasteiger partial charge on any atom is -0.478 e. The smallest absolute Gasteiger partial charge is 0.337 e. The maximum absolute atomic E-state index is 11.2. The van der Waals surface area contributed by atoms with E-state index in [1.165, 1.54) is 16.8 Å². The molecule has 7 nitrogen and oxygen atoms in total. The molecule has 1 aromatic heterocycles. The van der Waals surface area contributed by atoms with E-state index >= 15 is 0 Å². The van der Waals surface area contributed by atoms with Gasteiger partial charge in [0.2, 0.25) is 0 Å². The van der Waals surface area contributed by atoms with E-state index in [1.54, 1.807) is 30.3 Å². The second-order valence-electron chi connectivity index (χ2n) is 4.51. The van der Waals surface area contributed by atoms with Crippen molar-refractivity contribution in [2.45, 2.75) is 0 Å². The SMILES string of the molecule is Nc1ccc(-c2nnnn2-c2ccc(Cl)c(C(=O)O)c2)cc1. The predicted molar refractivity (Wildman–Crippen MR) is 81.0 cm³/mol. The van der Waals surface area contributed by atoms with Gasteiger partial charge in [0, 0.05) is 11.3 Å². The monoisotopic (exact) mass is 315 g/mol. The summed E-state index contributed by atoms with van der Waals surface area (Å²) in [6.45, 7) is 0. The van der Waals surface area contributed by atoms with E-state index < -0.39 is 5.97 Å². The summed E-state index contributed by atoms with van der Waals surface area (Å²) in [4.78, 5) is 11.2. The van der Waals surface area contributed by atoms with Gasteiger partial charge < -0.3 is 10.8 Å². The first-order valence-corrected chi connectivity index (χ1v) is 6.61. The Bertz CT molecular complexity index is 845. The zero-order chi connectivity index (χ0) is 15.7. The maximum atomic E-state index is 11.2. The first kappa shape index (κ1) is 14.0. The van der Waals surface area contributed by atoms with Gasteiger partial charge in [0.05, 0.1) is 16.3 Å². The average molecular weight is 316 g/mol. The number of anilines is 1. The van der Waals surface area contributed by atoms with Crippen molar-refractivity contribution in [3.8, 4) is 17.1 Å². The van der Waals surface area contributed by atoms with Crippen molar-refractivity contribution in [2.75, 3.05) is 5.73 Å². The third-order valence-corrected chi connectivity index (χ3v) is 3.39. The van der Waals surface area contributed by atoms with Crippen LogP contribution in [0.3, 0.4) is 0 Å². The minimum atomic E-state index is -1.12. The van der Waals surface area contributed by atoms with Crippen molar-refractivity contribution in [1.29, 1.82) is 0 Å². The minimum absolute atomic E-state index is 0.0158. The Labute approximate surface area is 129 Å². The van der Waals surface area contributed by atoms with Gasteiger partial charge in [-0.3, -0.25) is 0 Å². The van der Waals surface area contributed by atoms with Crippen LogP contribution in [-0.2, 0) is 0 Å². The number of carbonyl (C=O) groups is 1. The summed E-state index contributed by atoms with van der Waals surface area (Å²) >= 11 is 5.87. The third-order valence-electron chi connectivity index (χ3n) is 3.06. The van der Waals surface area contributed by atoms with Crippen molar-refractivity contribution in [1.82, 2.24) is 20.2 Å². The van der Waals surface area contributed by atoms with Crippen LogP contribution in [0.25, 0.3) is 17.1 Å². The van der Waals surface area contributed by atoms with Gasteiger partial charge in [-0.25, -0.2) is 4.79 Å². The Hall–Kier alpha value is -2.93. The van der Waals surface area contributed by atoms with E-state index in [1.807, 2.05) is 0 Å². The second-order valence-corrected chi connectivity index (χ2v) is 4.91. The normalized spacial score (nSPS) is 10.6. The quantitative estimate of drug-likeness (QED) is 0.718. The fourth-order valence-corrected chi connectivity index (χ4v) is 2.18. The zero-order valence-electron chi connectivity index (χ0n) is 11.1. The van der Waals surface area contributed by atoms with Gasteiger partial charge in [-0.15, -0.1) is 5.10 Å². The molecule has 8 heteroatoms. The number of aromatic nitrogens is 4. The van der Waals surface area contributed by atoms with Crippen LogP contribution < -0.4 is 5.73 Å². The Morgan fingerprint density at radius 1 is 1.18 bits per heavy atom. The highest BCUT2D eigenvalue weighted by atomic mass is 35.5. The number of nitrogens with two attached hydrogens (primary N) is 1. The molecule has 0 aliphatic carbocycles. The summed E-state index contributed by atoms with van der Waals surface area (Å²) in [6, 6.07) is 11.6. The molecule has 0 unspecified atom stereocenters. The average Bonchev–Trinajstić information content (AvgIpc) is 2.97. The first-order chi connectivity index (χ1) is 10.6. The summed E-state index contributed by atoms with van der Waals surface area (Å²) in [6.07, 6.45) is 0. The lowest BCUT2D eigenvalue weighted by atomic mass is 10.1. The van der Waals surface area contributed by atoms with Gasteiger partial charge in [-0.2, -0.15) is 4.68 Å². The fraction of sp³-hybridized carbons (Fsp3) is 0. The van der Waals surface area contributed by atoms with E-state index in [-0.39, 0.29) is 10.6 Å². The summed E-state index contributed by atoms with van der Waals surface area (Å²) in [5.41, 5.74) is 7.53. The topological polar surface area (TPSA) is 107 Å².